The number of hydrogen-bond acceptors (Lipinski definition) is 4. The Labute approximate surface area is 106 Å². The third kappa shape index (κ3) is 3.56. The molecule has 102 valence electrons. The molecular weight excluding hydrogens is 256 g/mol. The zero-order valence-electron chi connectivity index (χ0n) is 10.4. The summed E-state index contributed by atoms with van der Waals surface area (Å²) in [7, 11) is -2.03. The Balaban J connectivity index is 2.79. The van der Waals surface area contributed by atoms with Crippen LogP contribution in [0.2, 0.25) is 0 Å². The van der Waals surface area contributed by atoms with Gasteiger partial charge in [0, 0.05) is 26.3 Å². The number of primary amides is 1. The molecule has 0 aromatic carbocycles. The van der Waals surface area contributed by atoms with E-state index >= 15 is 0 Å². The van der Waals surface area contributed by atoms with E-state index in [-0.39, 0.29) is 17.1 Å². The number of nitrogens with zero attached hydrogens (tertiary/aromatic N) is 1. The van der Waals surface area contributed by atoms with Crippen LogP contribution in [0.1, 0.15) is 17.4 Å². The second-order valence-corrected chi connectivity index (χ2v) is 5.55. The van der Waals surface area contributed by atoms with Crippen LogP contribution in [0.5, 0.6) is 0 Å². The predicted molar refractivity (Wildman–Crippen MR) is 67.7 cm³/mol. The molecule has 0 atom stereocenters. The van der Waals surface area contributed by atoms with E-state index in [0.717, 1.165) is 6.54 Å². The van der Waals surface area contributed by atoms with Crippen LogP contribution in [0.25, 0.3) is 0 Å². The van der Waals surface area contributed by atoms with Gasteiger partial charge in [-0.25, -0.2) is 13.1 Å². The molecule has 0 saturated heterocycles. The molecule has 0 unspecified atom stereocenters. The quantitative estimate of drug-likeness (QED) is 0.555. The number of nitrogens with two attached hydrogens (primary N) is 1. The van der Waals surface area contributed by atoms with E-state index in [1.165, 1.54) is 16.8 Å². The van der Waals surface area contributed by atoms with Crippen molar-refractivity contribution in [2.24, 2.45) is 12.8 Å². The van der Waals surface area contributed by atoms with Gasteiger partial charge < -0.3 is 15.6 Å². The minimum absolute atomic E-state index is 0.0373. The largest absolute Gasteiger partial charge is 0.364 e. The topological polar surface area (TPSA) is 106 Å². The maximum atomic E-state index is 11.9. The summed E-state index contributed by atoms with van der Waals surface area (Å²) in [6.07, 6.45) is 1.36. The van der Waals surface area contributed by atoms with Crippen LogP contribution in [0.15, 0.2) is 17.2 Å². The predicted octanol–water partition coefficient (Wildman–Crippen LogP) is -0.988. The van der Waals surface area contributed by atoms with E-state index in [0.29, 0.717) is 6.54 Å². The molecule has 8 heteroatoms. The van der Waals surface area contributed by atoms with Gasteiger partial charge in [0.1, 0.15) is 10.6 Å². The fraction of sp³-hybridized carbons (Fsp3) is 0.500. The first-order chi connectivity index (χ1) is 8.38. The number of hydrogen-bond donors (Lipinski definition) is 3. The Morgan fingerprint density at radius 3 is 2.61 bits per heavy atom. The smallest absolute Gasteiger partial charge is 0.265 e. The summed E-state index contributed by atoms with van der Waals surface area (Å²) in [6, 6.07) is 1.26. The summed E-state index contributed by atoms with van der Waals surface area (Å²) in [4.78, 5) is 11.1. The third-order valence-electron chi connectivity index (χ3n) is 2.39. The van der Waals surface area contributed by atoms with E-state index in [9.17, 15) is 13.2 Å². The van der Waals surface area contributed by atoms with Gasteiger partial charge in [0.05, 0.1) is 0 Å². The zero-order valence-corrected chi connectivity index (χ0v) is 11.3. The van der Waals surface area contributed by atoms with Crippen molar-refractivity contribution >= 4 is 15.9 Å². The number of aromatic nitrogens is 1. The number of amides is 1. The molecule has 0 aliphatic rings. The molecule has 1 aromatic heterocycles. The molecule has 4 N–H and O–H groups in total. The van der Waals surface area contributed by atoms with Crippen LogP contribution >= 0.6 is 0 Å². The number of carbonyl (C=O) groups excluding carboxylic acids is 1. The van der Waals surface area contributed by atoms with Gasteiger partial charge in [-0.2, -0.15) is 0 Å². The molecule has 0 bridgehead atoms. The van der Waals surface area contributed by atoms with Crippen molar-refractivity contribution in [2.75, 3.05) is 19.6 Å². The first kappa shape index (κ1) is 14.7. The van der Waals surface area contributed by atoms with Crippen molar-refractivity contribution in [3.8, 4) is 0 Å². The minimum Gasteiger partial charge on any atom is -0.364 e. The Bertz CT molecular complexity index is 521. The van der Waals surface area contributed by atoms with Gasteiger partial charge in [-0.1, -0.05) is 6.92 Å². The summed E-state index contributed by atoms with van der Waals surface area (Å²) in [5, 5.41) is 3.00. The summed E-state index contributed by atoms with van der Waals surface area (Å²) in [6.45, 7) is 3.55. The van der Waals surface area contributed by atoms with E-state index in [2.05, 4.69) is 10.0 Å². The molecular formula is C10H18N4O3S. The summed E-state index contributed by atoms with van der Waals surface area (Å²) < 4.78 is 27.6. The number of rotatable bonds is 7. The molecule has 1 amide bonds. The first-order valence-electron chi connectivity index (χ1n) is 5.55. The molecule has 1 aromatic rings. The average Bonchev–Trinajstić information content (AvgIpc) is 2.68. The van der Waals surface area contributed by atoms with Crippen molar-refractivity contribution in [2.45, 2.75) is 11.8 Å². The number of likely N-dealkylation sites (N-methyl/N-ethyl adjacent to an activating group) is 1. The number of carbonyl (C=O) groups is 1. The average molecular weight is 274 g/mol. The Morgan fingerprint density at radius 2 is 2.11 bits per heavy atom. The lowest BCUT2D eigenvalue weighted by Gasteiger charge is -2.04. The lowest BCUT2D eigenvalue weighted by molar-refractivity contribution is 0.0992. The molecule has 0 fully saturated rings. The molecule has 0 spiro atoms. The molecule has 0 aliphatic carbocycles. The standard InChI is InChI=1S/C10H18N4O3S/c1-3-12-4-5-13-18(16,17)8-6-9(10(11)15)14(2)7-8/h6-7,12-13H,3-5H2,1-2H3,(H2,11,15). The lowest BCUT2D eigenvalue weighted by atomic mass is 10.4. The van der Waals surface area contributed by atoms with Gasteiger partial charge in [-0.05, 0) is 12.6 Å². The van der Waals surface area contributed by atoms with E-state index in [1.54, 1.807) is 7.05 Å². The maximum Gasteiger partial charge on any atom is 0.265 e. The van der Waals surface area contributed by atoms with Crippen molar-refractivity contribution < 1.29 is 13.2 Å². The summed E-state index contributed by atoms with van der Waals surface area (Å²) in [5.74, 6) is -0.661. The highest BCUT2D eigenvalue weighted by molar-refractivity contribution is 7.89. The highest BCUT2D eigenvalue weighted by Crippen LogP contribution is 2.12. The zero-order chi connectivity index (χ0) is 13.8. The van der Waals surface area contributed by atoms with Crippen LogP contribution in [-0.4, -0.2) is 38.5 Å². The van der Waals surface area contributed by atoms with Crippen LogP contribution in [0.4, 0.5) is 0 Å². The molecule has 7 nitrogen and oxygen atoms in total. The van der Waals surface area contributed by atoms with Crippen LogP contribution in [0, 0.1) is 0 Å². The van der Waals surface area contributed by atoms with Crippen molar-refractivity contribution in [3.05, 3.63) is 18.0 Å². The van der Waals surface area contributed by atoms with Crippen LogP contribution in [0.3, 0.4) is 0 Å². The molecule has 0 saturated carbocycles. The normalized spacial score (nSPS) is 11.7. The van der Waals surface area contributed by atoms with Gasteiger partial charge >= 0.3 is 0 Å². The van der Waals surface area contributed by atoms with E-state index < -0.39 is 15.9 Å². The SMILES string of the molecule is CCNCCNS(=O)(=O)c1cc(C(N)=O)n(C)c1. The lowest BCUT2D eigenvalue weighted by Crippen LogP contribution is -2.31. The number of aryl methyl sites for hydroxylation is 1. The van der Waals surface area contributed by atoms with Gasteiger partial charge in [-0.3, -0.25) is 4.79 Å². The molecule has 0 aliphatic heterocycles. The van der Waals surface area contributed by atoms with Crippen molar-refractivity contribution in [1.82, 2.24) is 14.6 Å². The Hall–Kier alpha value is -1.38. The fourth-order valence-electron chi connectivity index (χ4n) is 1.46. The fourth-order valence-corrected chi connectivity index (χ4v) is 2.56. The molecule has 1 rings (SSSR count). The molecule has 1 heterocycles. The Kier molecular flexibility index (Phi) is 4.88. The first-order valence-corrected chi connectivity index (χ1v) is 7.03. The van der Waals surface area contributed by atoms with Crippen molar-refractivity contribution in [1.29, 1.82) is 0 Å². The third-order valence-corrected chi connectivity index (χ3v) is 3.81. The van der Waals surface area contributed by atoms with Crippen LogP contribution < -0.4 is 15.8 Å². The second-order valence-electron chi connectivity index (χ2n) is 3.79. The van der Waals surface area contributed by atoms with Crippen molar-refractivity contribution in [3.63, 3.8) is 0 Å². The van der Waals surface area contributed by atoms with Gasteiger partial charge in [0.25, 0.3) is 5.91 Å². The van der Waals surface area contributed by atoms with Gasteiger partial charge in [0.15, 0.2) is 0 Å². The van der Waals surface area contributed by atoms with E-state index in [4.69, 9.17) is 5.73 Å². The van der Waals surface area contributed by atoms with E-state index in [1.807, 2.05) is 6.92 Å². The van der Waals surface area contributed by atoms with Gasteiger partial charge in [-0.15, -0.1) is 0 Å². The highest BCUT2D eigenvalue weighted by Gasteiger charge is 2.18. The monoisotopic (exact) mass is 274 g/mol. The molecule has 18 heavy (non-hydrogen) atoms. The maximum absolute atomic E-state index is 11.9. The summed E-state index contributed by atoms with van der Waals surface area (Å²) in [5.41, 5.74) is 5.28. The highest BCUT2D eigenvalue weighted by atomic mass is 32.2. The van der Waals surface area contributed by atoms with Gasteiger partial charge in [0.2, 0.25) is 10.0 Å². The Morgan fingerprint density at radius 1 is 1.44 bits per heavy atom. The van der Waals surface area contributed by atoms with Crippen LogP contribution in [-0.2, 0) is 17.1 Å². The molecule has 0 radical (unpaired) electrons. The number of sulfonamides is 1. The number of nitrogens with one attached hydrogen (secondary N) is 2. The second kappa shape index (κ2) is 5.98. The summed E-state index contributed by atoms with van der Waals surface area (Å²) >= 11 is 0. The minimum atomic E-state index is -3.59.